The molecule has 0 aromatic heterocycles. The van der Waals surface area contributed by atoms with Gasteiger partial charge in [0.2, 0.25) is 23.6 Å². The molecule has 0 aromatic carbocycles. The summed E-state index contributed by atoms with van der Waals surface area (Å²) in [4.78, 5) is 57.9. The summed E-state index contributed by atoms with van der Waals surface area (Å²) in [6.45, 7) is 12.9. The van der Waals surface area contributed by atoms with Gasteiger partial charge in [-0.15, -0.1) is 0 Å². The number of unbranched alkanes of at least 4 members (excludes halogenated alkanes) is 37. The van der Waals surface area contributed by atoms with Gasteiger partial charge in [0.25, 0.3) is 0 Å². The van der Waals surface area contributed by atoms with E-state index in [0.29, 0.717) is 114 Å². The van der Waals surface area contributed by atoms with Gasteiger partial charge in [0.1, 0.15) is 0 Å². The Kier molecular flexibility index (Phi) is 52.4. The second kappa shape index (κ2) is 58.5. The fourth-order valence-electron chi connectivity index (χ4n) is 14.7. The number of amides is 4. The number of epoxide rings is 4. The smallest absolute Gasteiger partial charge is 0.222 e. The number of carbonyl (C=O) groups excluding carboxylic acids is 4. The minimum atomic E-state index is 0.121. The van der Waals surface area contributed by atoms with Crippen molar-refractivity contribution in [1.82, 2.24) is 20.4 Å². The lowest BCUT2D eigenvalue weighted by molar-refractivity contribution is -0.133. The van der Waals surface area contributed by atoms with E-state index in [2.05, 4.69) is 38.3 Å². The van der Waals surface area contributed by atoms with E-state index in [1.54, 1.807) is 0 Å². The number of carbonyl (C=O) groups is 4. The van der Waals surface area contributed by atoms with Gasteiger partial charge in [-0.2, -0.15) is 0 Å². The van der Waals surface area contributed by atoms with Crippen molar-refractivity contribution in [3.8, 4) is 0 Å². The van der Waals surface area contributed by atoms with E-state index in [-0.39, 0.29) is 23.6 Å². The maximum absolute atomic E-state index is 14.0. The molecule has 8 unspecified atom stereocenters. The fraction of sp³-hybridized carbons (Fsp3) is 0.951. The zero-order chi connectivity index (χ0) is 67.0. The summed E-state index contributed by atoms with van der Waals surface area (Å²) in [5, 5.41) is 6.35. The van der Waals surface area contributed by atoms with E-state index in [4.69, 9.17) is 18.9 Å². The van der Waals surface area contributed by atoms with E-state index in [9.17, 15) is 19.2 Å². The molecule has 0 bridgehead atoms. The van der Waals surface area contributed by atoms with Crippen LogP contribution in [0.2, 0.25) is 0 Å². The third-order valence-corrected chi connectivity index (χ3v) is 21.3. The van der Waals surface area contributed by atoms with Crippen LogP contribution in [-0.4, -0.2) is 122 Å². The number of hydrogen-bond acceptors (Lipinski definition) is 8. The van der Waals surface area contributed by atoms with Crippen LogP contribution in [0.25, 0.3) is 0 Å². The molecule has 0 aliphatic carbocycles. The number of nitrogens with zero attached hydrogens (tertiary/aromatic N) is 2. The van der Waals surface area contributed by atoms with Crippen LogP contribution in [0.5, 0.6) is 0 Å². The summed E-state index contributed by atoms with van der Waals surface area (Å²) in [6, 6.07) is 0. The van der Waals surface area contributed by atoms with Gasteiger partial charge in [-0.05, 0) is 103 Å². The van der Waals surface area contributed by atoms with Gasteiger partial charge in [0.15, 0.2) is 0 Å². The highest BCUT2D eigenvalue weighted by Gasteiger charge is 2.39. The molecule has 4 amide bonds. The van der Waals surface area contributed by atoms with Gasteiger partial charge >= 0.3 is 0 Å². The standard InChI is InChI=1S/C82H154N4O8/c1-5-9-13-17-25-37-53-71-75(91-71)57-41-29-21-33-45-61-79(87)83-65-51-69-85(81(89)63-47-35-23-31-43-59-77-73(93-77)55-39-27-19-15-11-7-3)67-49-50-68-86(82(90)64-48-36-24-32-44-60-78-74(94-78)56-40-28-20-16-12-8-4)70-52-66-84-80(88)62-46-34-22-30-42-58-76-72(92-76)54-38-26-18-14-10-6-2/h71-78H,5-70H2,1-4H3,(H,83,87)(H,84,88). The average Bonchev–Trinajstić information content (AvgIpc) is 2.04. The van der Waals surface area contributed by atoms with Crippen LogP contribution >= 0.6 is 0 Å². The highest BCUT2D eigenvalue weighted by molar-refractivity contribution is 5.77. The molecule has 4 heterocycles. The number of rotatable bonds is 73. The molecule has 4 aliphatic heterocycles. The quantitative estimate of drug-likeness (QED) is 0.0452. The molecule has 2 N–H and O–H groups in total. The van der Waals surface area contributed by atoms with Crippen molar-refractivity contribution < 1.29 is 38.1 Å². The number of ether oxygens (including phenoxy) is 4. The molecule has 550 valence electrons. The maximum atomic E-state index is 14.0. The Morgan fingerprint density at radius 2 is 0.426 bits per heavy atom. The van der Waals surface area contributed by atoms with Gasteiger partial charge < -0.3 is 39.4 Å². The Morgan fingerprint density at radius 3 is 0.660 bits per heavy atom. The predicted molar refractivity (Wildman–Crippen MR) is 394 cm³/mol. The van der Waals surface area contributed by atoms with Crippen LogP contribution < -0.4 is 10.6 Å². The van der Waals surface area contributed by atoms with Crippen LogP contribution in [0.1, 0.15) is 413 Å². The summed E-state index contributed by atoms with van der Waals surface area (Å²) in [5.74, 6) is 0.676. The average molecular weight is 1320 g/mol. The molecule has 4 aliphatic rings. The molecule has 4 saturated heterocycles. The van der Waals surface area contributed by atoms with Crippen molar-refractivity contribution >= 4 is 23.6 Å². The normalized spacial score (nSPS) is 20.2. The van der Waals surface area contributed by atoms with Crippen molar-refractivity contribution in [2.24, 2.45) is 0 Å². The lowest BCUT2D eigenvalue weighted by atomic mass is 10.0. The van der Waals surface area contributed by atoms with Crippen LogP contribution in [0.3, 0.4) is 0 Å². The van der Waals surface area contributed by atoms with Crippen molar-refractivity contribution in [1.29, 1.82) is 0 Å². The molecule has 94 heavy (non-hydrogen) atoms. The first-order chi connectivity index (χ1) is 46.3. The van der Waals surface area contributed by atoms with E-state index in [0.717, 1.165) is 89.9 Å². The van der Waals surface area contributed by atoms with Crippen LogP contribution in [-0.2, 0) is 38.1 Å². The fourth-order valence-corrected chi connectivity index (χ4v) is 14.7. The Morgan fingerprint density at radius 1 is 0.234 bits per heavy atom. The van der Waals surface area contributed by atoms with Gasteiger partial charge in [0.05, 0.1) is 48.8 Å². The highest BCUT2D eigenvalue weighted by atomic mass is 16.6. The summed E-state index contributed by atoms with van der Waals surface area (Å²) in [5.41, 5.74) is 0. The van der Waals surface area contributed by atoms with E-state index in [1.165, 1.54) is 270 Å². The lowest BCUT2D eigenvalue weighted by Gasteiger charge is -2.25. The first kappa shape index (κ1) is 84.1. The van der Waals surface area contributed by atoms with E-state index < -0.39 is 0 Å². The Labute approximate surface area is 580 Å². The molecular weight excluding hydrogens is 1170 g/mol. The summed E-state index contributed by atoms with van der Waals surface area (Å²) in [7, 11) is 0. The molecule has 12 heteroatoms. The first-order valence-corrected chi connectivity index (χ1v) is 42.0. The Balaban J connectivity index is 1.15. The number of nitrogens with one attached hydrogen (secondary N) is 2. The van der Waals surface area contributed by atoms with Gasteiger partial charge in [-0.25, -0.2) is 0 Å². The zero-order valence-corrected chi connectivity index (χ0v) is 62.4. The summed E-state index contributed by atoms with van der Waals surface area (Å²) >= 11 is 0. The zero-order valence-electron chi connectivity index (χ0n) is 62.4. The molecule has 0 saturated carbocycles. The van der Waals surface area contributed by atoms with Crippen molar-refractivity contribution in [2.45, 2.75) is 462 Å². The van der Waals surface area contributed by atoms with Crippen molar-refractivity contribution in [3.05, 3.63) is 0 Å². The largest absolute Gasteiger partial charge is 0.370 e. The van der Waals surface area contributed by atoms with Crippen LogP contribution in [0.15, 0.2) is 0 Å². The van der Waals surface area contributed by atoms with Crippen LogP contribution in [0, 0.1) is 0 Å². The van der Waals surface area contributed by atoms with Gasteiger partial charge in [0, 0.05) is 65.0 Å². The van der Waals surface area contributed by atoms with E-state index in [1.807, 2.05) is 9.80 Å². The third kappa shape index (κ3) is 46.9. The van der Waals surface area contributed by atoms with E-state index >= 15 is 0 Å². The van der Waals surface area contributed by atoms with Gasteiger partial charge in [-0.1, -0.05) is 285 Å². The SMILES string of the molecule is CCCCCCCCC1OC1CCCCCCCC(=O)NCCCN(CCCCN(CCCNC(=O)CCCCCCCC1OC1CCCCCCCC)C(=O)CCCCCCCC1OC1CCCCCCCC)C(=O)CCCCCCCC1OC1CCCCCCCC. The summed E-state index contributed by atoms with van der Waals surface area (Å²) < 4.78 is 24.0. The highest BCUT2D eigenvalue weighted by Crippen LogP contribution is 2.35. The van der Waals surface area contributed by atoms with Gasteiger partial charge in [-0.3, -0.25) is 19.2 Å². The molecule has 4 fully saturated rings. The Bertz CT molecular complexity index is 1680. The van der Waals surface area contributed by atoms with Crippen LogP contribution in [0.4, 0.5) is 0 Å². The lowest BCUT2D eigenvalue weighted by Crippen LogP contribution is -2.37. The molecule has 0 spiro atoms. The molecule has 0 aromatic rings. The molecule has 8 atom stereocenters. The third-order valence-electron chi connectivity index (χ3n) is 21.3. The Hall–Kier alpha value is -2.28. The second-order valence-electron chi connectivity index (χ2n) is 30.2. The summed E-state index contributed by atoms with van der Waals surface area (Å²) in [6.07, 6.45) is 73.6. The molecular formula is C82H154N4O8. The number of hydrogen-bond donors (Lipinski definition) is 2. The molecule has 4 rings (SSSR count). The monoisotopic (exact) mass is 1320 g/mol. The predicted octanol–water partition coefficient (Wildman–Crippen LogP) is 21.4. The van der Waals surface area contributed by atoms with Crippen molar-refractivity contribution in [3.63, 3.8) is 0 Å². The molecule has 0 radical (unpaired) electrons. The molecule has 12 nitrogen and oxygen atoms in total. The maximum Gasteiger partial charge on any atom is 0.222 e. The minimum absolute atomic E-state index is 0.121. The topological polar surface area (TPSA) is 149 Å². The van der Waals surface area contributed by atoms with Crippen molar-refractivity contribution in [2.75, 3.05) is 39.3 Å². The second-order valence-corrected chi connectivity index (χ2v) is 30.2. The first-order valence-electron chi connectivity index (χ1n) is 42.0. The minimum Gasteiger partial charge on any atom is -0.370 e.